The molecule has 18 heavy (non-hydrogen) atoms. The summed E-state index contributed by atoms with van der Waals surface area (Å²) in [5, 5.41) is 3.79. The van der Waals surface area contributed by atoms with Gasteiger partial charge < -0.3 is 14.8 Å². The number of nitrogens with one attached hydrogen (secondary N) is 1. The topological polar surface area (TPSA) is 47.6 Å². The highest BCUT2D eigenvalue weighted by molar-refractivity contribution is 7.84. The summed E-state index contributed by atoms with van der Waals surface area (Å²) in [6, 6.07) is 3.79. The van der Waals surface area contributed by atoms with Crippen molar-refractivity contribution in [1.82, 2.24) is 5.32 Å². The highest BCUT2D eigenvalue weighted by atomic mass is 35.5. The maximum absolute atomic E-state index is 10.9. The predicted octanol–water partition coefficient (Wildman–Crippen LogP) is 1.58. The number of ether oxygens (including phenoxy) is 2. The van der Waals surface area contributed by atoms with Gasteiger partial charge in [0.15, 0.2) is 11.5 Å². The van der Waals surface area contributed by atoms with Gasteiger partial charge in [0.25, 0.3) is 0 Å². The van der Waals surface area contributed by atoms with E-state index < -0.39 is 10.8 Å². The van der Waals surface area contributed by atoms with Crippen LogP contribution in [0.25, 0.3) is 0 Å². The molecule has 1 unspecified atom stereocenters. The number of fused-ring (bicyclic) bond motifs is 1. The molecule has 0 amide bonds. The zero-order valence-electron chi connectivity index (χ0n) is 10.2. The zero-order valence-corrected chi connectivity index (χ0v) is 11.8. The molecule has 6 heteroatoms. The van der Waals surface area contributed by atoms with Crippen molar-refractivity contribution in [3.63, 3.8) is 0 Å². The van der Waals surface area contributed by atoms with Gasteiger partial charge in [-0.05, 0) is 17.7 Å². The van der Waals surface area contributed by atoms with Crippen LogP contribution in [0.5, 0.6) is 11.5 Å². The van der Waals surface area contributed by atoms with E-state index in [1.54, 1.807) is 6.26 Å². The van der Waals surface area contributed by atoms with Gasteiger partial charge in [0, 0.05) is 35.9 Å². The first-order valence-electron chi connectivity index (χ1n) is 5.75. The summed E-state index contributed by atoms with van der Waals surface area (Å²) in [5.41, 5.74) is 1.03. The van der Waals surface area contributed by atoms with Crippen LogP contribution in [-0.4, -0.2) is 36.0 Å². The quantitative estimate of drug-likeness (QED) is 0.836. The van der Waals surface area contributed by atoms with E-state index in [2.05, 4.69) is 5.32 Å². The summed E-state index contributed by atoms with van der Waals surface area (Å²) in [6.07, 6.45) is 1.70. The largest absolute Gasteiger partial charge is 0.486 e. The second-order valence-corrected chi connectivity index (χ2v) is 6.02. The van der Waals surface area contributed by atoms with E-state index in [9.17, 15) is 4.21 Å². The Kier molecular flexibility index (Phi) is 4.86. The Morgan fingerprint density at radius 1 is 1.39 bits per heavy atom. The van der Waals surface area contributed by atoms with Crippen molar-refractivity contribution >= 4 is 22.4 Å². The Hall–Kier alpha value is -0.780. The lowest BCUT2D eigenvalue weighted by Gasteiger charge is -2.20. The Morgan fingerprint density at radius 3 is 2.94 bits per heavy atom. The van der Waals surface area contributed by atoms with E-state index in [4.69, 9.17) is 21.1 Å². The molecule has 0 aromatic heterocycles. The summed E-state index contributed by atoms with van der Waals surface area (Å²) in [6.45, 7) is 2.48. The van der Waals surface area contributed by atoms with Crippen LogP contribution in [0.15, 0.2) is 12.1 Å². The van der Waals surface area contributed by atoms with Crippen LogP contribution in [0.2, 0.25) is 5.02 Å². The molecule has 1 aliphatic heterocycles. The molecule has 1 aliphatic rings. The Bertz CT molecular complexity index is 453. The third kappa shape index (κ3) is 3.60. The first-order valence-corrected chi connectivity index (χ1v) is 7.86. The molecule has 0 fully saturated rings. The van der Waals surface area contributed by atoms with Crippen molar-refractivity contribution in [2.75, 3.05) is 31.8 Å². The van der Waals surface area contributed by atoms with Crippen molar-refractivity contribution in [1.29, 1.82) is 0 Å². The molecule has 0 saturated heterocycles. The fourth-order valence-corrected chi connectivity index (χ4v) is 2.43. The zero-order chi connectivity index (χ0) is 13.0. The summed E-state index contributed by atoms with van der Waals surface area (Å²) in [5.74, 6) is 1.98. The van der Waals surface area contributed by atoms with Crippen LogP contribution < -0.4 is 14.8 Å². The van der Waals surface area contributed by atoms with E-state index in [1.807, 2.05) is 12.1 Å². The van der Waals surface area contributed by atoms with Crippen molar-refractivity contribution < 1.29 is 13.7 Å². The Morgan fingerprint density at radius 2 is 2.17 bits per heavy atom. The molecule has 0 radical (unpaired) electrons. The smallest absolute Gasteiger partial charge is 0.179 e. The fourth-order valence-electron chi connectivity index (χ4n) is 1.71. The predicted molar refractivity (Wildman–Crippen MR) is 73.1 cm³/mol. The molecule has 0 saturated carbocycles. The van der Waals surface area contributed by atoms with Gasteiger partial charge >= 0.3 is 0 Å². The third-order valence-corrected chi connectivity index (χ3v) is 3.61. The van der Waals surface area contributed by atoms with Gasteiger partial charge in [0.1, 0.15) is 13.2 Å². The second kappa shape index (κ2) is 6.41. The van der Waals surface area contributed by atoms with Gasteiger partial charge in [-0.15, -0.1) is 0 Å². The molecule has 0 bridgehead atoms. The van der Waals surface area contributed by atoms with Crippen LogP contribution in [-0.2, 0) is 17.3 Å². The first-order chi connectivity index (χ1) is 8.66. The van der Waals surface area contributed by atoms with Crippen LogP contribution in [0.1, 0.15) is 5.56 Å². The Labute approximate surface area is 114 Å². The normalized spacial score (nSPS) is 15.4. The summed E-state index contributed by atoms with van der Waals surface area (Å²) < 4.78 is 21.9. The molecular weight excluding hydrogens is 274 g/mol. The van der Waals surface area contributed by atoms with Gasteiger partial charge in [0.2, 0.25) is 0 Å². The van der Waals surface area contributed by atoms with Crippen molar-refractivity contribution in [2.45, 2.75) is 6.54 Å². The van der Waals surface area contributed by atoms with Crippen LogP contribution in [0.3, 0.4) is 0 Å². The van der Waals surface area contributed by atoms with E-state index in [1.165, 1.54) is 0 Å². The van der Waals surface area contributed by atoms with Crippen molar-refractivity contribution in [3.8, 4) is 11.5 Å². The molecule has 2 rings (SSSR count). The monoisotopic (exact) mass is 289 g/mol. The molecule has 1 heterocycles. The first kappa shape index (κ1) is 13.6. The molecular formula is C12H16ClNO3S. The van der Waals surface area contributed by atoms with Crippen LogP contribution in [0.4, 0.5) is 0 Å². The summed E-state index contributed by atoms with van der Waals surface area (Å²) in [7, 11) is -0.763. The highest BCUT2D eigenvalue weighted by Crippen LogP contribution is 2.38. The minimum absolute atomic E-state index is 0.534. The lowest BCUT2D eigenvalue weighted by atomic mass is 10.2. The molecule has 1 atom stereocenters. The number of hydrogen-bond acceptors (Lipinski definition) is 4. The standard InChI is InChI=1S/C12H16ClNO3S/c1-18(15)5-2-14-8-9-6-10(13)12-11(7-9)16-3-4-17-12/h6-7,14H,2-5,8H2,1H3. The number of benzene rings is 1. The maximum atomic E-state index is 10.9. The lowest BCUT2D eigenvalue weighted by Crippen LogP contribution is -2.20. The van der Waals surface area contributed by atoms with E-state index in [0.29, 0.717) is 42.0 Å². The van der Waals surface area contributed by atoms with E-state index in [0.717, 1.165) is 12.1 Å². The number of rotatable bonds is 5. The minimum atomic E-state index is -0.763. The van der Waals surface area contributed by atoms with Crippen molar-refractivity contribution in [2.24, 2.45) is 0 Å². The number of hydrogen-bond donors (Lipinski definition) is 1. The number of halogens is 1. The van der Waals surface area contributed by atoms with Gasteiger partial charge in [-0.2, -0.15) is 0 Å². The SMILES string of the molecule is CS(=O)CCNCc1cc(Cl)c2c(c1)OCCO2. The average Bonchev–Trinajstić information content (AvgIpc) is 2.35. The van der Waals surface area contributed by atoms with Gasteiger partial charge in [-0.25, -0.2) is 0 Å². The van der Waals surface area contributed by atoms with Crippen molar-refractivity contribution in [3.05, 3.63) is 22.7 Å². The minimum Gasteiger partial charge on any atom is -0.486 e. The Balaban J connectivity index is 1.97. The van der Waals surface area contributed by atoms with Crippen LogP contribution >= 0.6 is 11.6 Å². The molecule has 0 spiro atoms. The van der Waals surface area contributed by atoms with Crippen LogP contribution in [0, 0.1) is 0 Å². The molecule has 1 aromatic rings. The fraction of sp³-hybridized carbons (Fsp3) is 0.500. The van der Waals surface area contributed by atoms with Gasteiger partial charge in [0.05, 0.1) is 5.02 Å². The third-order valence-electron chi connectivity index (χ3n) is 2.55. The molecule has 0 aliphatic carbocycles. The molecule has 1 aromatic carbocycles. The maximum Gasteiger partial charge on any atom is 0.179 e. The van der Waals surface area contributed by atoms with E-state index >= 15 is 0 Å². The molecule has 100 valence electrons. The summed E-state index contributed by atoms with van der Waals surface area (Å²) in [4.78, 5) is 0. The van der Waals surface area contributed by atoms with Gasteiger partial charge in [-0.3, -0.25) is 4.21 Å². The highest BCUT2D eigenvalue weighted by Gasteiger charge is 2.16. The van der Waals surface area contributed by atoms with Gasteiger partial charge in [-0.1, -0.05) is 11.6 Å². The molecule has 4 nitrogen and oxygen atoms in total. The second-order valence-electron chi connectivity index (χ2n) is 4.06. The van der Waals surface area contributed by atoms with E-state index in [-0.39, 0.29) is 0 Å². The lowest BCUT2D eigenvalue weighted by molar-refractivity contribution is 0.171. The average molecular weight is 290 g/mol. The molecule has 1 N–H and O–H groups in total. The summed E-state index contributed by atoms with van der Waals surface area (Å²) >= 11 is 6.13.